The standard InChI is InChI=1S/C10H16N4/c1-6-2-10(13-12-6)14-4-8-7(3-11)9(8)5-14/h2,7-9H,3-5,11H2,1H3,(H,12,13). The number of nitrogens with zero attached hydrogens (tertiary/aromatic N) is 2. The van der Waals surface area contributed by atoms with Crippen molar-refractivity contribution in [1.82, 2.24) is 10.2 Å². The minimum atomic E-state index is 0.797. The van der Waals surface area contributed by atoms with Crippen molar-refractivity contribution in [3.63, 3.8) is 0 Å². The summed E-state index contributed by atoms with van der Waals surface area (Å²) >= 11 is 0. The fourth-order valence-electron chi connectivity index (χ4n) is 2.75. The molecule has 0 amide bonds. The van der Waals surface area contributed by atoms with Gasteiger partial charge in [-0.25, -0.2) is 0 Å². The Hall–Kier alpha value is -1.03. The van der Waals surface area contributed by atoms with E-state index in [-0.39, 0.29) is 0 Å². The molecule has 1 saturated carbocycles. The summed E-state index contributed by atoms with van der Waals surface area (Å²) in [5, 5.41) is 7.26. The van der Waals surface area contributed by atoms with E-state index < -0.39 is 0 Å². The molecule has 1 aliphatic carbocycles. The van der Waals surface area contributed by atoms with Crippen LogP contribution < -0.4 is 10.6 Å². The molecule has 4 heteroatoms. The van der Waals surface area contributed by atoms with Crippen molar-refractivity contribution >= 4 is 5.82 Å². The molecule has 0 radical (unpaired) electrons. The second-order valence-corrected chi connectivity index (χ2v) is 4.54. The lowest BCUT2D eigenvalue weighted by atomic mass is 10.2. The summed E-state index contributed by atoms with van der Waals surface area (Å²) in [5.41, 5.74) is 6.81. The number of aromatic amines is 1. The van der Waals surface area contributed by atoms with Crippen molar-refractivity contribution in [1.29, 1.82) is 0 Å². The lowest BCUT2D eigenvalue weighted by molar-refractivity contribution is 0.643. The highest BCUT2D eigenvalue weighted by Gasteiger charge is 2.54. The summed E-state index contributed by atoms with van der Waals surface area (Å²) in [7, 11) is 0. The number of rotatable bonds is 2. The van der Waals surface area contributed by atoms with Crippen LogP contribution in [0.2, 0.25) is 0 Å². The average molecular weight is 192 g/mol. The van der Waals surface area contributed by atoms with Crippen molar-refractivity contribution in [2.75, 3.05) is 24.5 Å². The first-order valence-corrected chi connectivity index (χ1v) is 5.26. The number of hydrogen-bond acceptors (Lipinski definition) is 3. The molecule has 0 spiro atoms. The SMILES string of the molecule is Cc1cc(N2CC3C(CN)C3C2)n[nH]1. The number of nitrogens with one attached hydrogen (secondary N) is 1. The average Bonchev–Trinajstić information content (AvgIpc) is 2.56. The molecular weight excluding hydrogens is 176 g/mol. The Balaban J connectivity index is 1.69. The van der Waals surface area contributed by atoms with E-state index >= 15 is 0 Å². The molecule has 3 N–H and O–H groups in total. The third-order valence-electron chi connectivity index (χ3n) is 3.66. The topological polar surface area (TPSA) is 57.9 Å². The molecule has 76 valence electrons. The zero-order valence-electron chi connectivity index (χ0n) is 8.40. The fourth-order valence-corrected chi connectivity index (χ4v) is 2.75. The Labute approximate surface area is 83.5 Å². The molecule has 14 heavy (non-hydrogen) atoms. The number of H-pyrrole nitrogens is 1. The van der Waals surface area contributed by atoms with Crippen molar-refractivity contribution in [3.8, 4) is 0 Å². The summed E-state index contributed by atoms with van der Waals surface area (Å²) in [4.78, 5) is 2.37. The number of fused-ring (bicyclic) bond motifs is 1. The van der Waals surface area contributed by atoms with Crippen LogP contribution in [-0.4, -0.2) is 29.8 Å². The quantitative estimate of drug-likeness (QED) is 0.711. The van der Waals surface area contributed by atoms with Gasteiger partial charge in [0.15, 0.2) is 5.82 Å². The zero-order valence-corrected chi connectivity index (χ0v) is 8.40. The molecule has 2 unspecified atom stereocenters. The molecule has 2 fully saturated rings. The molecule has 2 aliphatic rings. The van der Waals surface area contributed by atoms with Crippen LogP contribution in [0.3, 0.4) is 0 Å². The van der Waals surface area contributed by atoms with Crippen LogP contribution >= 0.6 is 0 Å². The molecule has 0 bridgehead atoms. The second-order valence-electron chi connectivity index (χ2n) is 4.54. The summed E-state index contributed by atoms with van der Waals surface area (Å²) in [6.45, 7) is 5.20. The normalized spacial score (nSPS) is 34.7. The zero-order chi connectivity index (χ0) is 9.71. The first kappa shape index (κ1) is 8.29. The van der Waals surface area contributed by atoms with Gasteiger partial charge in [0, 0.05) is 24.8 Å². The first-order chi connectivity index (χ1) is 6.79. The van der Waals surface area contributed by atoms with Gasteiger partial charge in [-0.2, -0.15) is 5.10 Å². The highest BCUT2D eigenvalue weighted by atomic mass is 15.3. The summed E-state index contributed by atoms with van der Waals surface area (Å²) < 4.78 is 0. The van der Waals surface area contributed by atoms with E-state index in [4.69, 9.17) is 5.73 Å². The smallest absolute Gasteiger partial charge is 0.150 e. The maximum absolute atomic E-state index is 5.67. The molecule has 4 nitrogen and oxygen atoms in total. The van der Waals surface area contributed by atoms with Crippen LogP contribution in [0.15, 0.2) is 6.07 Å². The Morgan fingerprint density at radius 2 is 2.29 bits per heavy atom. The number of aryl methyl sites for hydroxylation is 1. The molecule has 1 aromatic heterocycles. The lowest BCUT2D eigenvalue weighted by Gasteiger charge is -2.18. The van der Waals surface area contributed by atoms with E-state index in [1.54, 1.807) is 0 Å². The monoisotopic (exact) mass is 192 g/mol. The molecule has 0 aromatic carbocycles. The predicted molar refractivity (Wildman–Crippen MR) is 55.1 cm³/mol. The van der Waals surface area contributed by atoms with Crippen LogP contribution in [0.5, 0.6) is 0 Å². The van der Waals surface area contributed by atoms with Gasteiger partial charge in [-0.1, -0.05) is 0 Å². The van der Waals surface area contributed by atoms with E-state index in [0.717, 1.165) is 48.9 Å². The largest absolute Gasteiger partial charge is 0.355 e. The van der Waals surface area contributed by atoms with Gasteiger partial charge < -0.3 is 10.6 Å². The van der Waals surface area contributed by atoms with E-state index in [0.29, 0.717) is 0 Å². The Morgan fingerprint density at radius 1 is 1.57 bits per heavy atom. The summed E-state index contributed by atoms with van der Waals surface area (Å²) in [6, 6.07) is 2.11. The number of piperidine rings is 1. The van der Waals surface area contributed by atoms with Gasteiger partial charge in [-0.15, -0.1) is 0 Å². The Morgan fingerprint density at radius 3 is 2.79 bits per heavy atom. The summed E-state index contributed by atoms with van der Waals surface area (Å²) in [5.74, 6) is 3.59. The molecule has 2 heterocycles. The molecule has 2 atom stereocenters. The van der Waals surface area contributed by atoms with Gasteiger partial charge in [0.2, 0.25) is 0 Å². The highest BCUT2D eigenvalue weighted by molar-refractivity contribution is 5.42. The molecule has 1 aromatic rings. The van der Waals surface area contributed by atoms with Crippen molar-refractivity contribution < 1.29 is 0 Å². The summed E-state index contributed by atoms with van der Waals surface area (Å²) in [6.07, 6.45) is 0. The van der Waals surface area contributed by atoms with Crippen LogP contribution in [0, 0.1) is 24.7 Å². The Kier molecular flexibility index (Phi) is 1.62. The van der Waals surface area contributed by atoms with Crippen LogP contribution in [0.1, 0.15) is 5.69 Å². The van der Waals surface area contributed by atoms with Gasteiger partial charge in [-0.05, 0) is 31.2 Å². The highest BCUT2D eigenvalue weighted by Crippen LogP contribution is 2.51. The molecule has 1 saturated heterocycles. The third kappa shape index (κ3) is 1.07. The maximum Gasteiger partial charge on any atom is 0.150 e. The van der Waals surface area contributed by atoms with Gasteiger partial charge in [0.1, 0.15) is 0 Å². The van der Waals surface area contributed by atoms with Crippen molar-refractivity contribution in [2.24, 2.45) is 23.5 Å². The maximum atomic E-state index is 5.67. The minimum Gasteiger partial charge on any atom is -0.355 e. The van der Waals surface area contributed by atoms with Crippen molar-refractivity contribution in [3.05, 3.63) is 11.8 Å². The van der Waals surface area contributed by atoms with Crippen LogP contribution in [-0.2, 0) is 0 Å². The second kappa shape index (κ2) is 2.73. The number of aromatic nitrogens is 2. The van der Waals surface area contributed by atoms with Gasteiger partial charge in [-0.3, -0.25) is 5.10 Å². The van der Waals surface area contributed by atoms with E-state index in [1.807, 2.05) is 6.92 Å². The number of anilines is 1. The lowest BCUT2D eigenvalue weighted by Crippen LogP contribution is -2.26. The van der Waals surface area contributed by atoms with E-state index in [2.05, 4.69) is 21.2 Å². The van der Waals surface area contributed by atoms with Gasteiger partial charge in [0.25, 0.3) is 0 Å². The predicted octanol–water partition coefficient (Wildman–Crippen LogP) is 0.359. The van der Waals surface area contributed by atoms with Crippen LogP contribution in [0.25, 0.3) is 0 Å². The van der Waals surface area contributed by atoms with E-state index in [9.17, 15) is 0 Å². The van der Waals surface area contributed by atoms with Gasteiger partial charge >= 0.3 is 0 Å². The van der Waals surface area contributed by atoms with E-state index in [1.165, 1.54) is 0 Å². The number of hydrogen-bond donors (Lipinski definition) is 2. The minimum absolute atomic E-state index is 0.797. The first-order valence-electron chi connectivity index (χ1n) is 5.26. The molecule has 3 rings (SSSR count). The van der Waals surface area contributed by atoms with Crippen molar-refractivity contribution in [2.45, 2.75) is 6.92 Å². The fraction of sp³-hybridized carbons (Fsp3) is 0.700. The third-order valence-corrected chi connectivity index (χ3v) is 3.66. The molecule has 1 aliphatic heterocycles. The van der Waals surface area contributed by atoms with Gasteiger partial charge in [0.05, 0.1) is 0 Å². The Bertz CT molecular complexity index is 334. The molecular formula is C10H16N4. The van der Waals surface area contributed by atoms with Crippen LogP contribution in [0.4, 0.5) is 5.82 Å². The number of nitrogens with two attached hydrogens (primary N) is 1.